The fourth-order valence-electron chi connectivity index (χ4n) is 3.25. The summed E-state index contributed by atoms with van der Waals surface area (Å²) in [5, 5.41) is 1.85. The minimum Gasteiger partial charge on any atom is -0.493 e. The number of fused-ring (bicyclic) bond motifs is 1. The van der Waals surface area contributed by atoms with Crippen molar-refractivity contribution in [2.45, 2.75) is 26.2 Å². The molecule has 0 bridgehead atoms. The lowest BCUT2D eigenvalue weighted by molar-refractivity contribution is 0.375. The van der Waals surface area contributed by atoms with E-state index in [1.807, 2.05) is 36.4 Å². The number of benzene rings is 2. The molecule has 154 valence electrons. The standard InChI is InChI=1S/C23H20Cl2N2O2S/c1-23(2,3)20-18(13-9-10-14(24)15(25)11-13)19-21(26-12-27-22(19)30-20)29-17-8-6-5-7-16(17)28-4/h5-12H,1-4H3. The number of nitrogens with zero attached hydrogens (tertiary/aromatic N) is 2. The van der Waals surface area contributed by atoms with Crippen molar-refractivity contribution in [2.75, 3.05) is 7.11 Å². The van der Waals surface area contributed by atoms with Crippen LogP contribution in [0.15, 0.2) is 48.8 Å². The largest absolute Gasteiger partial charge is 0.493 e. The lowest BCUT2D eigenvalue weighted by Gasteiger charge is -2.19. The lowest BCUT2D eigenvalue weighted by Crippen LogP contribution is -2.10. The van der Waals surface area contributed by atoms with Crippen molar-refractivity contribution >= 4 is 44.8 Å². The van der Waals surface area contributed by atoms with E-state index in [1.165, 1.54) is 11.2 Å². The molecule has 4 aromatic rings. The maximum absolute atomic E-state index is 6.35. The van der Waals surface area contributed by atoms with Gasteiger partial charge in [0.25, 0.3) is 0 Å². The fraction of sp³-hybridized carbons (Fsp3) is 0.217. The van der Waals surface area contributed by atoms with E-state index in [0.29, 0.717) is 27.4 Å². The quantitative estimate of drug-likeness (QED) is 0.313. The van der Waals surface area contributed by atoms with E-state index in [-0.39, 0.29) is 5.41 Å². The molecule has 2 aromatic heterocycles. The van der Waals surface area contributed by atoms with Gasteiger partial charge in [-0.3, -0.25) is 0 Å². The SMILES string of the molecule is COc1ccccc1Oc1ncnc2sc(C(C)(C)C)c(-c3ccc(Cl)c(Cl)c3)c12. The van der Waals surface area contributed by atoms with E-state index >= 15 is 0 Å². The van der Waals surface area contributed by atoms with Crippen molar-refractivity contribution in [3.05, 3.63) is 63.7 Å². The number of methoxy groups -OCH3 is 1. The van der Waals surface area contributed by atoms with Gasteiger partial charge in [-0.05, 0) is 35.2 Å². The first-order valence-corrected chi connectivity index (χ1v) is 10.9. The first-order chi connectivity index (χ1) is 14.3. The van der Waals surface area contributed by atoms with Crippen molar-refractivity contribution in [2.24, 2.45) is 0 Å². The summed E-state index contributed by atoms with van der Waals surface area (Å²) in [5.74, 6) is 1.69. The Hall–Kier alpha value is -2.34. The van der Waals surface area contributed by atoms with Crippen molar-refractivity contribution in [1.82, 2.24) is 9.97 Å². The van der Waals surface area contributed by atoms with Crippen LogP contribution >= 0.6 is 34.5 Å². The molecule has 0 N–H and O–H groups in total. The number of thiophene rings is 1. The fourth-order valence-corrected chi connectivity index (χ4v) is 4.76. The summed E-state index contributed by atoms with van der Waals surface area (Å²) in [5.41, 5.74) is 1.83. The third-order valence-electron chi connectivity index (χ3n) is 4.62. The molecular weight excluding hydrogens is 439 g/mol. The molecule has 0 aliphatic rings. The number of rotatable bonds is 4. The van der Waals surface area contributed by atoms with Crippen LogP contribution in [0.3, 0.4) is 0 Å². The zero-order valence-electron chi connectivity index (χ0n) is 17.0. The average molecular weight is 459 g/mol. The smallest absolute Gasteiger partial charge is 0.231 e. The molecule has 0 saturated heterocycles. The lowest BCUT2D eigenvalue weighted by atomic mass is 9.88. The van der Waals surface area contributed by atoms with Crippen LogP contribution in [0.1, 0.15) is 25.6 Å². The van der Waals surface area contributed by atoms with Gasteiger partial charge >= 0.3 is 0 Å². The van der Waals surface area contributed by atoms with E-state index in [2.05, 4.69) is 30.7 Å². The van der Waals surface area contributed by atoms with Crippen LogP contribution in [0.25, 0.3) is 21.3 Å². The summed E-state index contributed by atoms with van der Waals surface area (Å²) in [4.78, 5) is 11.0. The summed E-state index contributed by atoms with van der Waals surface area (Å²) in [6, 6.07) is 13.1. The highest BCUT2D eigenvalue weighted by Crippen LogP contribution is 2.48. The Balaban J connectivity index is 1.99. The minimum atomic E-state index is -0.117. The predicted molar refractivity (Wildman–Crippen MR) is 125 cm³/mol. The monoisotopic (exact) mass is 458 g/mol. The third-order valence-corrected chi connectivity index (χ3v) is 6.88. The molecule has 30 heavy (non-hydrogen) atoms. The Labute approximate surface area is 189 Å². The number of ether oxygens (including phenoxy) is 2. The molecule has 4 nitrogen and oxygen atoms in total. The molecule has 0 atom stereocenters. The Kier molecular flexibility index (Phi) is 5.62. The van der Waals surface area contributed by atoms with Crippen molar-refractivity contribution < 1.29 is 9.47 Å². The van der Waals surface area contributed by atoms with Gasteiger partial charge in [0.05, 0.1) is 22.5 Å². The van der Waals surface area contributed by atoms with Gasteiger partial charge in [-0.1, -0.05) is 62.2 Å². The van der Waals surface area contributed by atoms with E-state index in [9.17, 15) is 0 Å². The van der Waals surface area contributed by atoms with Crippen LogP contribution in [-0.2, 0) is 5.41 Å². The normalized spacial score (nSPS) is 11.7. The number of para-hydroxylation sites is 2. The molecule has 0 fully saturated rings. The van der Waals surface area contributed by atoms with E-state index in [1.54, 1.807) is 24.5 Å². The summed E-state index contributed by atoms with van der Waals surface area (Å²) in [6.07, 6.45) is 1.52. The Morgan fingerprint density at radius 3 is 2.33 bits per heavy atom. The molecule has 0 spiro atoms. The second kappa shape index (κ2) is 8.06. The van der Waals surface area contributed by atoms with Crippen LogP contribution in [0, 0.1) is 0 Å². The number of halogens is 2. The topological polar surface area (TPSA) is 44.2 Å². The van der Waals surface area contributed by atoms with Crippen LogP contribution in [0.4, 0.5) is 0 Å². The molecule has 7 heteroatoms. The van der Waals surface area contributed by atoms with Gasteiger partial charge in [0.15, 0.2) is 11.5 Å². The van der Waals surface area contributed by atoms with Gasteiger partial charge in [-0.2, -0.15) is 0 Å². The summed E-state index contributed by atoms with van der Waals surface area (Å²) >= 11 is 14.2. The number of aromatic nitrogens is 2. The molecule has 4 rings (SSSR count). The molecule has 0 amide bonds. The minimum absolute atomic E-state index is 0.117. The van der Waals surface area contributed by atoms with Crippen molar-refractivity contribution in [3.63, 3.8) is 0 Å². The predicted octanol–water partition coefficient (Wildman–Crippen LogP) is 7.76. The van der Waals surface area contributed by atoms with Crippen LogP contribution in [0.2, 0.25) is 10.0 Å². The third kappa shape index (κ3) is 3.85. The molecule has 0 radical (unpaired) electrons. The van der Waals surface area contributed by atoms with Gasteiger partial charge in [0.1, 0.15) is 11.2 Å². The second-order valence-electron chi connectivity index (χ2n) is 7.80. The first-order valence-electron chi connectivity index (χ1n) is 9.34. The van der Waals surface area contributed by atoms with E-state index in [0.717, 1.165) is 21.3 Å². The van der Waals surface area contributed by atoms with Crippen LogP contribution in [0.5, 0.6) is 17.4 Å². The Bertz CT molecular complexity index is 1230. The highest BCUT2D eigenvalue weighted by atomic mass is 35.5. The van der Waals surface area contributed by atoms with Crippen LogP contribution < -0.4 is 9.47 Å². The summed E-state index contributed by atoms with van der Waals surface area (Å²) in [7, 11) is 1.61. The molecule has 2 aromatic carbocycles. The molecular formula is C23H20Cl2N2O2S. The highest BCUT2D eigenvalue weighted by molar-refractivity contribution is 7.19. The Morgan fingerprint density at radius 1 is 0.933 bits per heavy atom. The van der Waals surface area contributed by atoms with Gasteiger partial charge in [0, 0.05) is 10.4 Å². The van der Waals surface area contributed by atoms with Crippen LogP contribution in [-0.4, -0.2) is 17.1 Å². The maximum Gasteiger partial charge on any atom is 0.231 e. The maximum atomic E-state index is 6.35. The molecule has 0 aliphatic heterocycles. The summed E-state index contributed by atoms with van der Waals surface area (Å²) in [6.45, 7) is 6.52. The molecule has 0 saturated carbocycles. The van der Waals surface area contributed by atoms with Crippen molar-refractivity contribution in [3.8, 4) is 28.5 Å². The van der Waals surface area contributed by atoms with Gasteiger partial charge in [-0.25, -0.2) is 9.97 Å². The zero-order chi connectivity index (χ0) is 21.5. The zero-order valence-corrected chi connectivity index (χ0v) is 19.3. The number of hydrogen-bond acceptors (Lipinski definition) is 5. The molecule has 0 aliphatic carbocycles. The highest BCUT2D eigenvalue weighted by Gasteiger charge is 2.27. The molecule has 2 heterocycles. The van der Waals surface area contributed by atoms with Gasteiger partial charge in [0.2, 0.25) is 5.88 Å². The number of hydrogen-bond donors (Lipinski definition) is 0. The van der Waals surface area contributed by atoms with Gasteiger partial charge < -0.3 is 9.47 Å². The first kappa shape index (κ1) is 20.9. The van der Waals surface area contributed by atoms with E-state index < -0.39 is 0 Å². The average Bonchev–Trinajstić information content (AvgIpc) is 3.12. The molecule has 0 unspecified atom stereocenters. The Morgan fingerprint density at radius 2 is 1.67 bits per heavy atom. The summed E-state index contributed by atoms with van der Waals surface area (Å²) < 4.78 is 11.7. The second-order valence-corrected chi connectivity index (χ2v) is 9.61. The van der Waals surface area contributed by atoms with Gasteiger partial charge in [-0.15, -0.1) is 11.3 Å². The van der Waals surface area contributed by atoms with Crippen molar-refractivity contribution in [1.29, 1.82) is 0 Å². The van der Waals surface area contributed by atoms with E-state index in [4.69, 9.17) is 32.7 Å².